The maximum atomic E-state index is 12.2. The minimum atomic E-state index is -0.769. The zero-order chi connectivity index (χ0) is 35.0. The van der Waals surface area contributed by atoms with Crippen LogP contribution in [0.5, 0.6) is 0 Å². The molecule has 0 aliphatic rings. The number of unbranched alkanes of at least 4 members (excludes halogenated alkanes) is 23. The van der Waals surface area contributed by atoms with E-state index in [1.165, 1.54) is 128 Å². The number of esters is 2. The van der Waals surface area contributed by atoms with E-state index in [-0.39, 0.29) is 25.2 Å². The van der Waals surface area contributed by atoms with Gasteiger partial charge in [-0.3, -0.25) is 9.59 Å². The molecule has 5 heteroatoms. The van der Waals surface area contributed by atoms with Crippen LogP contribution in [0.15, 0.2) is 36.5 Å². The fourth-order valence-electron chi connectivity index (χ4n) is 5.80. The number of ether oxygens (including phenoxy) is 2. The monoisotopic (exact) mass is 675 g/mol. The van der Waals surface area contributed by atoms with Crippen molar-refractivity contribution in [1.82, 2.24) is 0 Å². The molecule has 0 aliphatic carbocycles. The molecule has 1 atom stereocenters. The molecular formula is C43H78O5. The van der Waals surface area contributed by atoms with E-state index >= 15 is 0 Å². The molecule has 0 spiro atoms. The average Bonchev–Trinajstić information content (AvgIpc) is 3.09. The molecule has 0 aromatic carbocycles. The molecule has 0 saturated carbocycles. The van der Waals surface area contributed by atoms with Crippen LogP contribution >= 0.6 is 0 Å². The number of hydrogen-bond acceptors (Lipinski definition) is 5. The molecule has 0 radical (unpaired) electrons. The van der Waals surface area contributed by atoms with E-state index in [1.54, 1.807) is 0 Å². The Bertz CT molecular complexity index is 771. The lowest BCUT2D eigenvalue weighted by atomic mass is 10.0. The number of hydrogen-bond donors (Lipinski definition) is 1. The molecule has 0 heterocycles. The van der Waals surface area contributed by atoms with Gasteiger partial charge in [0.05, 0.1) is 6.61 Å². The van der Waals surface area contributed by atoms with Crippen LogP contribution in [0.1, 0.15) is 206 Å². The zero-order valence-electron chi connectivity index (χ0n) is 31.7. The first kappa shape index (κ1) is 46.1. The summed E-state index contributed by atoms with van der Waals surface area (Å²) in [7, 11) is 0. The van der Waals surface area contributed by atoms with Crippen LogP contribution in [-0.4, -0.2) is 36.4 Å². The third-order valence-electron chi connectivity index (χ3n) is 8.94. The quantitative estimate of drug-likeness (QED) is 0.0403. The van der Waals surface area contributed by atoms with Gasteiger partial charge in [0.25, 0.3) is 0 Å². The van der Waals surface area contributed by atoms with Gasteiger partial charge in [-0.05, 0) is 51.4 Å². The Hall–Kier alpha value is -1.88. The summed E-state index contributed by atoms with van der Waals surface area (Å²) in [6, 6.07) is 0. The lowest BCUT2D eigenvalue weighted by Crippen LogP contribution is -2.28. The smallest absolute Gasteiger partial charge is 0.306 e. The molecule has 280 valence electrons. The Kier molecular flexibility index (Phi) is 38.0. The molecule has 1 N–H and O–H groups in total. The SMILES string of the molecule is CCCCCCC/C=C\C/C=C\C/C=C\CCCCCCCCCCCCC(=O)OC(CO)COC(=O)CCCCCCCCCCC. The van der Waals surface area contributed by atoms with Crippen LogP contribution in [0.25, 0.3) is 0 Å². The first-order valence-electron chi connectivity index (χ1n) is 20.5. The van der Waals surface area contributed by atoms with Crippen molar-refractivity contribution in [3.8, 4) is 0 Å². The highest BCUT2D eigenvalue weighted by molar-refractivity contribution is 5.70. The summed E-state index contributed by atoms with van der Waals surface area (Å²) in [6.45, 7) is 4.10. The molecule has 0 aromatic heterocycles. The predicted octanol–water partition coefficient (Wildman–Crippen LogP) is 12.8. The van der Waals surface area contributed by atoms with Crippen molar-refractivity contribution < 1.29 is 24.2 Å². The summed E-state index contributed by atoms with van der Waals surface area (Å²) in [5.41, 5.74) is 0. The van der Waals surface area contributed by atoms with Gasteiger partial charge in [0.1, 0.15) is 6.61 Å². The molecule has 0 aromatic rings. The second kappa shape index (κ2) is 39.6. The van der Waals surface area contributed by atoms with Crippen molar-refractivity contribution in [3.05, 3.63) is 36.5 Å². The van der Waals surface area contributed by atoms with Crippen LogP contribution in [0.3, 0.4) is 0 Å². The van der Waals surface area contributed by atoms with E-state index in [0.717, 1.165) is 51.4 Å². The van der Waals surface area contributed by atoms with E-state index in [1.807, 2.05) is 0 Å². The fourth-order valence-corrected chi connectivity index (χ4v) is 5.80. The van der Waals surface area contributed by atoms with E-state index in [0.29, 0.717) is 12.8 Å². The third-order valence-corrected chi connectivity index (χ3v) is 8.94. The first-order valence-corrected chi connectivity index (χ1v) is 20.5. The second-order valence-corrected chi connectivity index (χ2v) is 13.7. The first-order chi connectivity index (χ1) is 23.6. The van der Waals surface area contributed by atoms with Gasteiger partial charge in [-0.15, -0.1) is 0 Å². The number of aliphatic hydroxyl groups excluding tert-OH is 1. The molecular weight excluding hydrogens is 596 g/mol. The highest BCUT2D eigenvalue weighted by atomic mass is 16.6. The van der Waals surface area contributed by atoms with Crippen molar-refractivity contribution in [3.63, 3.8) is 0 Å². The molecule has 5 nitrogen and oxygen atoms in total. The van der Waals surface area contributed by atoms with Crippen LogP contribution in [0.4, 0.5) is 0 Å². The minimum Gasteiger partial charge on any atom is -0.462 e. The Morgan fingerprint density at radius 3 is 1.25 bits per heavy atom. The van der Waals surface area contributed by atoms with Gasteiger partial charge >= 0.3 is 11.9 Å². The van der Waals surface area contributed by atoms with Gasteiger partial charge < -0.3 is 14.6 Å². The van der Waals surface area contributed by atoms with Crippen LogP contribution in [0, 0.1) is 0 Å². The lowest BCUT2D eigenvalue weighted by molar-refractivity contribution is -0.161. The van der Waals surface area contributed by atoms with Gasteiger partial charge in [0, 0.05) is 12.8 Å². The molecule has 0 saturated heterocycles. The number of aliphatic hydroxyl groups is 1. The average molecular weight is 675 g/mol. The van der Waals surface area contributed by atoms with Gasteiger partial charge in [-0.25, -0.2) is 0 Å². The summed E-state index contributed by atoms with van der Waals surface area (Å²) in [5.74, 6) is -0.595. The van der Waals surface area contributed by atoms with E-state index < -0.39 is 6.10 Å². The molecule has 0 aliphatic heterocycles. The molecule has 0 amide bonds. The van der Waals surface area contributed by atoms with E-state index in [2.05, 4.69) is 50.3 Å². The fraction of sp³-hybridized carbons (Fsp3) is 0.814. The van der Waals surface area contributed by atoms with Crippen LogP contribution < -0.4 is 0 Å². The highest BCUT2D eigenvalue weighted by Crippen LogP contribution is 2.14. The highest BCUT2D eigenvalue weighted by Gasteiger charge is 2.16. The van der Waals surface area contributed by atoms with Gasteiger partial charge in [0.15, 0.2) is 6.10 Å². The second-order valence-electron chi connectivity index (χ2n) is 13.7. The maximum Gasteiger partial charge on any atom is 0.306 e. The van der Waals surface area contributed by atoms with Crippen LogP contribution in [-0.2, 0) is 19.1 Å². The minimum absolute atomic E-state index is 0.0650. The maximum absolute atomic E-state index is 12.2. The predicted molar refractivity (Wildman–Crippen MR) is 205 cm³/mol. The zero-order valence-corrected chi connectivity index (χ0v) is 31.7. The number of carbonyl (C=O) groups is 2. The van der Waals surface area contributed by atoms with Crippen molar-refractivity contribution in [2.24, 2.45) is 0 Å². The van der Waals surface area contributed by atoms with Crippen molar-refractivity contribution in [2.45, 2.75) is 213 Å². The molecule has 0 fully saturated rings. The molecule has 48 heavy (non-hydrogen) atoms. The van der Waals surface area contributed by atoms with Gasteiger partial charge in [0.2, 0.25) is 0 Å². The summed E-state index contributed by atoms with van der Waals surface area (Å²) in [5, 5.41) is 9.53. The van der Waals surface area contributed by atoms with E-state index in [9.17, 15) is 14.7 Å². The van der Waals surface area contributed by atoms with Gasteiger partial charge in [-0.1, -0.05) is 179 Å². The summed E-state index contributed by atoms with van der Waals surface area (Å²) in [6.07, 6.45) is 47.9. The molecule has 0 rings (SSSR count). The van der Waals surface area contributed by atoms with E-state index in [4.69, 9.17) is 9.47 Å². The topological polar surface area (TPSA) is 72.8 Å². The number of rotatable bonds is 37. The van der Waals surface area contributed by atoms with Crippen LogP contribution in [0.2, 0.25) is 0 Å². The van der Waals surface area contributed by atoms with Crippen molar-refractivity contribution in [2.75, 3.05) is 13.2 Å². The van der Waals surface area contributed by atoms with Crippen molar-refractivity contribution >= 4 is 11.9 Å². The third kappa shape index (κ3) is 36.9. The number of carbonyl (C=O) groups excluding carboxylic acids is 2. The Balaban J connectivity index is 3.51. The Morgan fingerprint density at radius 1 is 0.479 bits per heavy atom. The molecule has 0 bridgehead atoms. The largest absolute Gasteiger partial charge is 0.462 e. The normalized spacial score (nSPS) is 12.5. The summed E-state index contributed by atoms with van der Waals surface area (Å²) in [4.78, 5) is 24.2. The summed E-state index contributed by atoms with van der Waals surface area (Å²) < 4.78 is 10.6. The molecule has 1 unspecified atom stereocenters. The van der Waals surface area contributed by atoms with Gasteiger partial charge in [-0.2, -0.15) is 0 Å². The Morgan fingerprint density at radius 2 is 0.833 bits per heavy atom. The number of allylic oxidation sites excluding steroid dienone is 6. The summed E-state index contributed by atoms with van der Waals surface area (Å²) >= 11 is 0. The lowest BCUT2D eigenvalue weighted by Gasteiger charge is -2.15. The standard InChI is InChI=1S/C43H78O5/c1-3-5-7-9-11-13-14-15-16-17-18-19-20-21-22-23-24-25-26-27-28-30-32-34-36-38-43(46)48-41(39-44)40-47-42(45)37-35-33-31-29-12-10-8-6-4-2/h14-15,17-18,20-21,41,44H,3-13,16,19,22-40H2,1-2H3/b15-14-,18-17-,21-20-. The van der Waals surface area contributed by atoms with Crippen molar-refractivity contribution in [1.29, 1.82) is 0 Å². The Labute approximate surface area is 297 Å².